The lowest BCUT2D eigenvalue weighted by Gasteiger charge is -2.10. The molecule has 0 N–H and O–H groups in total. The number of rotatable bonds is 5. The Balaban J connectivity index is 1.83. The molecule has 0 spiro atoms. The maximum absolute atomic E-state index is 13.2. The summed E-state index contributed by atoms with van der Waals surface area (Å²) >= 11 is 6.89. The van der Waals surface area contributed by atoms with Crippen LogP contribution in [0.4, 0.5) is 0 Å². The number of esters is 1. The number of nitrogens with zero attached hydrogens (tertiary/aromatic N) is 4. The summed E-state index contributed by atoms with van der Waals surface area (Å²) in [6.45, 7) is 3.39. The Morgan fingerprint density at radius 3 is 2.33 bits per heavy atom. The van der Waals surface area contributed by atoms with Crippen molar-refractivity contribution >= 4 is 34.9 Å². The molecule has 9 heteroatoms. The largest absolute Gasteiger partial charge is 0.403 e. The standard InChI is InChI=1S/C21H15ClN4O3S/c1-12-17(18(27)19-13(2)23-25-30-19)20(26(24-12)16-6-4-3-5-7-16)29-21(28)14-8-10-15(22)11-9-14/h3-11H,1-2H3. The molecular formula is C21H15ClN4O3S. The van der Waals surface area contributed by atoms with Gasteiger partial charge >= 0.3 is 5.97 Å². The third kappa shape index (κ3) is 3.74. The highest BCUT2D eigenvalue weighted by Crippen LogP contribution is 2.30. The SMILES string of the molecule is Cc1nnsc1C(=O)c1c(C)nn(-c2ccccc2)c1OC(=O)c1ccc(Cl)cc1. The van der Waals surface area contributed by atoms with Gasteiger partial charge < -0.3 is 4.74 Å². The first-order valence-electron chi connectivity index (χ1n) is 8.92. The molecule has 0 atom stereocenters. The van der Waals surface area contributed by atoms with E-state index in [4.69, 9.17) is 16.3 Å². The van der Waals surface area contributed by atoms with E-state index >= 15 is 0 Å². The van der Waals surface area contributed by atoms with Gasteiger partial charge in [0.1, 0.15) is 10.4 Å². The van der Waals surface area contributed by atoms with E-state index in [1.807, 2.05) is 18.2 Å². The molecule has 0 saturated carbocycles. The Labute approximate surface area is 181 Å². The summed E-state index contributed by atoms with van der Waals surface area (Å²) < 4.78 is 11.0. The van der Waals surface area contributed by atoms with Crippen molar-refractivity contribution in [1.82, 2.24) is 19.4 Å². The van der Waals surface area contributed by atoms with Crippen molar-refractivity contribution in [3.8, 4) is 11.6 Å². The van der Waals surface area contributed by atoms with E-state index in [-0.39, 0.29) is 17.2 Å². The zero-order chi connectivity index (χ0) is 21.3. The molecule has 30 heavy (non-hydrogen) atoms. The number of ketones is 1. The van der Waals surface area contributed by atoms with E-state index in [9.17, 15) is 9.59 Å². The number of hydrogen-bond acceptors (Lipinski definition) is 7. The normalized spacial score (nSPS) is 10.8. The molecular weight excluding hydrogens is 424 g/mol. The first-order valence-corrected chi connectivity index (χ1v) is 10.1. The molecule has 2 aromatic carbocycles. The van der Waals surface area contributed by atoms with Crippen LogP contribution >= 0.6 is 23.1 Å². The highest BCUT2D eigenvalue weighted by Gasteiger charge is 2.29. The average molecular weight is 439 g/mol. The van der Waals surface area contributed by atoms with Gasteiger partial charge in [-0.3, -0.25) is 4.79 Å². The Kier molecular flexibility index (Phi) is 5.43. The van der Waals surface area contributed by atoms with Crippen LogP contribution in [0.2, 0.25) is 5.02 Å². The molecule has 7 nitrogen and oxygen atoms in total. The molecule has 0 unspecified atom stereocenters. The van der Waals surface area contributed by atoms with Crippen LogP contribution in [0.5, 0.6) is 5.88 Å². The highest BCUT2D eigenvalue weighted by atomic mass is 35.5. The molecule has 0 bridgehead atoms. The van der Waals surface area contributed by atoms with Crippen molar-refractivity contribution in [1.29, 1.82) is 0 Å². The smallest absolute Gasteiger partial charge is 0.344 e. The van der Waals surface area contributed by atoms with E-state index in [0.29, 0.717) is 32.5 Å². The number of benzene rings is 2. The molecule has 0 aliphatic heterocycles. The molecule has 0 fully saturated rings. The lowest BCUT2D eigenvalue weighted by molar-refractivity contribution is 0.0721. The molecule has 0 radical (unpaired) electrons. The number of halogens is 1. The van der Waals surface area contributed by atoms with Gasteiger partial charge in [0.2, 0.25) is 11.7 Å². The van der Waals surface area contributed by atoms with E-state index < -0.39 is 5.97 Å². The molecule has 0 aliphatic rings. The summed E-state index contributed by atoms with van der Waals surface area (Å²) in [6, 6.07) is 15.4. The predicted molar refractivity (Wildman–Crippen MR) is 113 cm³/mol. The third-order valence-electron chi connectivity index (χ3n) is 4.37. The van der Waals surface area contributed by atoms with Crippen molar-refractivity contribution in [2.24, 2.45) is 0 Å². The van der Waals surface area contributed by atoms with Gasteiger partial charge in [-0.05, 0) is 61.8 Å². The van der Waals surface area contributed by atoms with Crippen molar-refractivity contribution in [3.63, 3.8) is 0 Å². The van der Waals surface area contributed by atoms with Gasteiger partial charge in [-0.2, -0.15) is 9.78 Å². The Morgan fingerprint density at radius 1 is 1.00 bits per heavy atom. The summed E-state index contributed by atoms with van der Waals surface area (Å²) in [6.07, 6.45) is 0. The molecule has 0 amide bonds. The lowest BCUT2D eigenvalue weighted by Crippen LogP contribution is -2.14. The van der Waals surface area contributed by atoms with Crippen molar-refractivity contribution < 1.29 is 14.3 Å². The molecule has 2 aromatic heterocycles. The summed E-state index contributed by atoms with van der Waals surface area (Å²) in [5.74, 6) is -0.936. The Hall–Kier alpha value is -3.36. The van der Waals surface area contributed by atoms with Crippen LogP contribution < -0.4 is 4.74 Å². The second-order valence-electron chi connectivity index (χ2n) is 6.43. The van der Waals surface area contributed by atoms with Crippen LogP contribution in [-0.2, 0) is 0 Å². The first kappa shape index (κ1) is 19.9. The monoisotopic (exact) mass is 438 g/mol. The highest BCUT2D eigenvalue weighted by molar-refractivity contribution is 7.08. The second kappa shape index (κ2) is 8.17. The molecule has 4 aromatic rings. The maximum atomic E-state index is 13.2. The Morgan fingerprint density at radius 2 is 1.70 bits per heavy atom. The molecule has 0 saturated heterocycles. The summed E-state index contributed by atoms with van der Waals surface area (Å²) in [5, 5.41) is 8.87. The summed E-state index contributed by atoms with van der Waals surface area (Å²) in [4.78, 5) is 26.4. The van der Waals surface area contributed by atoms with Crippen LogP contribution in [0.25, 0.3) is 5.69 Å². The van der Waals surface area contributed by atoms with Crippen LogP contribution in [0.15, 0.2) is 54.6 Å². The molecule has 4 rings (SSSR count). The van der Waals surface area contributed by atoms with E-state index in [2.05, 4.69) is 14.7 Å². The van der Waals surface area contributed by atoms with Gasteiger partial charge in [-0.25, -0.2) is 4.79 Å². The number of carbonyl (C=O) groups excluding carboxylic acids is 2. The fourth-order valence-electron chi connectivity index (χ4n) is 2.89. The maximum Gasteiger partial charge on any atom is 0.344 e. The quantitative estimate of drug-likeness (QED) is 0.338. The fraction of sp³-hybridized carbons (Fsp3) is 0.0952. The summed E-state index contributed by atoms with van der Waals surface area (Å²) in [5.41, 5.74) is 2.07. The van der Waals surface area contributed by atoms with Gasteiger partial charge in [0.05, 0.1) is 22.6 Å². The zero-order valence-corrected chi connectivity index (χ0v) is 17.6. The van der Waals surface area contributed by atoms with Crippen LogP contribution in [0.1, 0.15) is 37.0 Å². The predicted octanol–water partition coefficient (Wildman–Crippen LogP) is 4.44. The molecule has 2 heterocycles. The van der Waals surface area contributed by atoms with Crippen molar-refractivity contribution in [2.75, 3.05) is 0 Å². The van der Waals surface area contributed by atoms with Gasteiger partial charge in [-0.15, -0.1) is 5.10 Å². The van der Waals surface area contributed by atoms with Gasteiger partial charge in [0.25, 0.3) is 0 Å². The van der Waals surface area contributed by atoms with Gasteiger partial charge in [0.15, 0.2) is 0 Å². The average Bonchev–Trinajstić information content (AvgIpc) is 3.31. The minimum Gasteiger partial charge on any atom is -0.403 e. The number of para-hydroxylation sites is 1. The number of aromatic nitrogens is 4. The minimum absolute atomic E-state index is 0.0384. The van der Waals surface area contributed by atoms with Crippen molar-refractivity contribution in [3.05, 3.63) is 87.0 Å². The van der Waals surface area contributed by atoms with Gasteiger partial charge in [0, 0.05) is 5.02 Å². The van der Waals surface area contributed by atoms with Gasteiger partial charge in [-0.1, -0.05) is 34.3 Å². The third-order valence-corrected chi connectivity index (χ3v) is 5.45. The van der Waals surface area contributed by atoms with Crippen LogP contribution in [0.3, 0.4) is 0 Å². The minimum atomic E-state index is -0.628. The lowest BCUT2D eigenvalue weighted by atomic mass is 10.1. The fourth-order valence-corrected chi connectivity index (χ4v) is 3.62. The number of hydrogen-bond donors (Lipinski definition) is 0. The summed E-state index contributed by atoms with van der Waals surface area (Å²) in [7, 11) is 0. The second-order valence-corrected chi connectivity index (χ2v) is 7.62. The van der Waals surface area contributed by atoms with E-state index in [0.717, 1.165) is 11.5 Å². The number of ether oxygens (including phenoxy) is 1. The van der Waals surface area contributed by atoms with E-state index in [1.54, 1.807) is 50.2 Å². The number of carbonyl (C=O) groups is 2. The van der Waals surface area contributed by atoms with Crippen molar-refractivity contribution in [2.45, 2.75) is 13.8 Å². The molecule has 0 aliphatic carbocycles. The van der Waals surface area contributed by atoms with Crippen LogP contribution in [0, 0.1) is 13.8 Å². The first-order chi connectivity index (χ1) is 14.5. The zero-order valence-electron chi connectivity index (χ0n) is 16.0. The topological polar surface area (TPSA) is 87.0 Å². The van der Waals surface area contributed by atoms with Crippen LogP contribution in [-0.4, -0.2) is 31.1 Å². The molecule has 150 valence electrons. The van der Waals surface area contributed by atoms with E-state index in [1.165, 1.54) is 4.68 Å². The number of aryl methyl sites for hydroxylation is 2. The Bertz CT molecular complexity index is 1230.